The van der Waals surface area contributed by atoms with Crippen LogP contribution in [0.3, 0.4) is 0 Å². The van der Waals surface area contributed by atoms with Gasteiger partial charge in [-0.15, -0.1) is 0 Å². The number of nitrogens with zero attached hydrogens (tertiary/aromatic N) is 3. The molecule has 134 valence electrons. The first-order valence-electron chi connectivity index (χ1n) is 8.93. The highest BCUT2D eigenvalue weighted by molar-refractivity contribution is 5.79. The molecule has 1 saturated heterocycles. The molecule has 0 bridgehead atoms. The Labute approximate surface area is 146 Å². The molecule has 0 spiro atoms. The molecule has 1 N–H and O–H groups in total. The van der Waals surface area contributed by atoms with Crippen LogP contribution in [0.4, 0.5) is 0 Å². The predicted octanol–water partition coefficient (Wildman–Crippen LogP) is 2.58. The van der Waals surface area contributed by atoms with Gasteiger partial charge in [-0.05, 0) is 32.4 Å². The van der Waals surface area contributed by atoms with E-state index in [9.17, 15) is 0 Å². The minimum atomic E-state index is 0.703. The van der Waals surface area contributed by atoms with Crippen LogP contribution in [-0.2, 0) is 6.54 Å². The van der Waals surface area contributed by atoms with Crippen molar-refractivity contribution < 1.29 is 4.74 Å². The molecule has 1 aromatic carbocycles. The number of nitrogens with one attached hydrogen (secondary N) is 1. The molecule has 0 aromatic heterocycles. The van der Waals surface area contributed by atoms with Crippen LogP contribution in [-0.4, -0.2) is 62.6 Å². The lowest BCUT2D eigenvalue weighted by atomic mass is 10.0. The Kier molecular flexibility index (Phi) is 7.37. The van der Waals surface area contributed by atoms with Crippen LogP contribution in [0, 0.1) is 0 Å². The quantitative estimate of drug-likeness (QED) is 0.642. The number of hydrogen-bond donors (Lipinski definition) is 1. The van der Waals surface area contributed by atoms with Gasteiger partial charge in [0.1, 0.15) is 5.75 Å². The van der Waals surface area contributed by atoms with Gasteiger partial charge >= 0.3 is 0 Å². The first kappa shape index (κ1) is 18.6. The highest BCUT2D eigenvalue weighted by Crippen LogP contribution is 2.19. The molecule has 1 aliphatic heterocycles. The number of methoxy groups -OCH3 is 1. The Bertz CT molecular complexity index is 532. The van der Waals surface area contributed by atoms with Gasteiger partial charge in [0.25, 0.3) is 0 Å². The van der Waals surface area contributed by atoms with E-state index in [1.807, 2.05) is 25.2 Å². The van der Waals surface area contributed by atoms with Crippen LogP contribution in [0.15, 0.2) is 29.3 Å². The van der Waals surface area contributed by atoms with Gasteiger partial charge in [-0.1, -0.05) is 24.6 Å². The van der Waals surface area contributed by atoms with Crippen molar-refractivity contribution in [3.05, 3.63) is 29.8 Å². The van der Waals surface area contributed by atoms with E-state index in [1.54, 1.807) is 7.11 Å². The van der Waals surface area contributed by atoms with Crippen LogP contribution in [0.2, 0.25) is 0 Å². The second-order valence-electron chi connectivity index (χ2n) is 6.52. The van der Waals surface area contributed by atoms with Gasteiger partial charge < -0.3 is 15.0 Å². The van der Waals surface area contributed by atoms with Crippen molar-refractivity contribution >= 4 is 5.96 Å². The van der Waals surface area contributed by atoms with Crippen molar-refractivity contribution in [2.45, 2.75) is 38.8 Å². The summed E-state index contributed by atoms with van der Waals surface area (Å²) in [6, 6.07) is 8.83. The Morgan fingerprint density at radius 1 is 1.38 bits per heavy atom. The maximum atomic E-state index is 5.44. The highest BCUT2D eigenvalue weighted by atomic mass is 16.5. The maximum absolute atomic E-state index is 5.44. The van der Waals surface area contributed by atoms with Gasteiger partial charge in [-0.2, -0.15) is 0 Å². The van der Waals surface area contributed by atoms with E-state index in [4.69, 9.17) is 4.74 Å². The van der Waals surface area contributed by atoms with Gasteiger partial charge in [0, 0.05) is 45.3 Å². The summed E-state index contributed by atoms with van der Waals surface area (Å²) < 4.78 is 5.44. The van der Waals surface area contributed by atoms with E-state index in [0.717, 1.165) is 36.9 Å². The number of guanidine groups is 1. The van der Waals surface area contributed by atoms with E-state index in [-0.39, 0.29) is 0 Å². The number of benzene rings is 1. The van der Waals surface area contributed by atoms with Gasteiger partial charge in [-0.25, -0.2) is 0 Å². The number of aliphatic imine (C=N–C) groups is 1. The number of rotatable bonds is 6. The Morgan fingerprint density at radius 3 is 2.88 bits per heavy atom. The predicted molar refractivity (Wildman–Crippen MR) is 101 cm³/mol. The fourth-order valence-corrected chi connectivity index (χ4v) is 3.35. The molecule has 1 atom stereocenters. The molecule has 5 heteroatoms. The third-order valence-corrected chi connectivity index (χ3v) is 4.80. The summed E-state index contributed by atoms with van der Waals surface area (Å²) in [5.74, 6) is 1.84. The molecule has 1 aliphatic rings. The van der Waals surface area contributed by atoms with E-state index in [0.29, 0.717) is 6.04 Å². The third-order valence-electron chi connectivity index (χ3n) is 4.80. The summed E-state index contributed by atoms with van der Waals surface area (Å²) in [7, 11) is 5.61. The number of likely N-dealkylation sites (tertiary alicyclic amines) is 1. The largest absolute Gasteiger partial charge is 0.496 e. The maximum Gasteiger partial charge on any atom is 0.193 e. The lowest BCUT2D eigenvalue weighted by Crippen LogP contribution is -2.45. The molecule has 1 unspecified atom stereocenters. The number of piperidine rings is 1. The van der Waals surface area contributed by atoms with Crippen molar-refractivity contribution in [3.63, 3.8) is 0 Å². The summed E-state index contributed by atoms with van der Waals surface area (Å²) in [5.41, 5.74) is 1.16. The summed E-state index contributed by atoms with van der Waals surface area (Å²) >= 11 is 0. The molecular weight excluding hydrogens is 300 g/mol. The zero-order valence-electron chi connectivity index (χ0n) is 15.6. The molecule has 0 radical (unpaired) electrons. The summed E-state index contributed by atoms with van der Waals surface area (Å²) in [4.78, 5) is 9.12. The van der Waals surface area contributed by atoms with Crippen molar-refractivity contribution in [2.75, 3.05) is 40.8 Å². The fourth-order valence-electron chi connectivity index (χ4n) is 3.35. The highest BCUT2D eigenvalue weighted by Gasteiger charge is 2.17. The monoisotopic (exact) mass is 332 g/mol. The Morgan fingerprint density at radius 2 is 2.17 bits per heavy atom. The minimum Gasteiger partial charge on any atom is -0.496 e. The smallest absolute Gasteiger partial charge is 0.193 e. The van der Waals surface area contributed by atoms with Crippen LogP contribution in [0.5, 0.6) is 5.75 Å². The van der Waals surface area contributed by atoms with E-state index in [2.05, 4.69) is 40.1 Å². The SMILES string of the molecule is CN=C(NCCN1CCCCC1C)N(C)Cc1ccccc1OC. The second kappa shape index (κ2) is 9.52. The van der Waals surface area contributed by atoms with Crippen molar-refractivity contribution in [3.8, 4) is 5.75 Å². The summed E-state index contributed by atoms with van der Waals surface area (Å²) in [6.07, 6.45) is 4.02. The summed E-state index contributed by atoms with van der Waals surface area (Å²) in [5, 5.41) is 3.49. The van der Waals surface area contributed by atoms with E-state index >= 15 is 0 Å². The van der Waals surface area contributed by atoms with Crippen LogP contribution < -0.4 is 10.1 Å². The molecule has 1 aromatic rings. The Balaban J connectivity index is 1.84. The standard InChI is InChI=1S/C19H32N4O/c1-16-9-7-8-13-23(16)14-12-21-19(20-2)22(3)15-17-10-5-6-11-18(17)24-4/h5-6,10-11,16H,7-9,12-15H2,1-4H3,(H,20,21). The molecule has 1 fully saturated rings. The molecule has 1 heterocycles. The fraction of sp³-hybridized carbons (Fsp3) is 0.632. The topological polar surface area (TPSA) is 40.1 Å². The van der Waals surface area contributed by atoms with Gasteiger partial charge in [-0.3, -0.25) is 9.89 Å². The van der Waals surface area contributed by atoms with Crippen molar-refractivity contribution in [1.29, 1.82) is 0 Å². The lowest BCUT2D eigenvalue weighted by Gasteiger charge is -2.33. The zero-order chi connectivity index (χ0) is 17.4. The normalized spacial score (nSPS) is 19.2. The van der Waals surface area contributed by atoms with Crippen LogP contribution >= 0.6 is 0 Å². The number of ether oxygens (including phenoxy) is 1. The number of para-hydroxylation sites is 1. The average molecular weight is 332 g/mol. The van der Waals surface area contributed by atoms with Crippen molar-refractivity contribution in [2.24, 2.45) is 4.99 Å². The Hall–Kier alpha value is -1.75. The van der Waals surface area contributed by atoms with Gasteiger partial charge in [0.15, 0.2) is 5.96 Å². The summed E-state index contributed by atoms with van der Waals surface area (Å²) in [6.45, 7) is 6.32. The average Bonchev–Trinajstić information content (AvgIpc) is 2.60. The van der Waals surface area contributed by atoms with E-state index < -0.39 is 0 Å². The van der Waals surface area contributed by atoms with Gasteiger partial charge in [0.05, 0.1) is 7.11 Å². The van der Waals surface area contributed by atoms with Crippen LogP contribution in [0.25, 0.3) is 0 Å². The first-order chi connectivity index (χ1) is 11.7. The lowest BCUT2D eigenvalue weighted by molar-refractivity contribution is 0.163. The molecule has 24 heavy (non-hydrogen) atoms. The van der Waals surface area contributed by atoms with Crippen molar-refractivity contribution in [1.82, 2.24) is 15.1 Å². The molecule has 0 amide bonds. The number of hydrogen-bond acceptors (Lipinski definition) is 3. The molecule has 0 aliphatic carbocycles. The molecule has 0 saturated carbocycles. The molecular formula is C19H32N4O. The third kappa shape index (κ3) is 5.13. The molecule has 2 rings (SSSR count). The van der Waals surface area contributed by atoms with E-state index in [1.165, 1.54) is 25.8 Å². The second-order valence-corrected chi connectivity index (χ2v) is 6.52. The van der Waals surface area contributed by atoms with Gasteiger partial charge in [0.2, 0.25) is 0 Å². The van der Waals surface area contributed by atoms with Crippen LogP contribution in [0.1, 0.15) is 31.7 Å². The minimum absolute atomic E-state index is 0.703. The first-order valence-corrected chi connectivity index (χ1v) is 8.93. The zero-order valence-corrected chi connectivity index (χ0v) is 15.6. The molecule has 5 nitrogen and oxygen atoms in total.